The van der Waals surface area contributed by atoms with Crippen molar-refractivity contribution < 1.29 is 19.1 Å². The average molecular weight is 378 g/mol. The molecule has 0 radical (unpaired) electrons. The van der Waals surface area contributed by atoms with Gasteiger partial charge in [-0.25, -0.2) is 0 Å². The summed E-state index contributed by atoms with van der Waals surface area (Å²) in [6.07, 6.45) is 1.14. The van der Waals surface area contributed by atoms with Crippen molar-refractivity contribution in [2.75, 3.05) is 0 Å². The highest BCUT2D eigenvalue weighted by atomic mass is 35.5. The normalized spacial score (nSPS) is 18.8. The number of halogens is 1. The second kappa shape index (κ2) is 7.54. The van der Waals surface area contributed by atoms with Gasteiger partial charge < -0.3 is 14.8 Å². The van der Waals surface area contributed by atoms with E-state index >= 15 is 0 Å². The molecule has 2 heterocycles. The van der Waals surface area contributed by atoms with Crippen LogP contribution in [-0.2, 0) is 9.59 Å². The molecule has 25 heavy (non-hydrogen) atoms. The van der Waals surface area contributed by atoms with E-state index in [0.29, 0.717) is 16.5 Å². The van der Waals surface area contributed by atoms with Crippen LogP contribution < -0.4 is 5.32 Å². The first kappa shape index (κ1) is 17.2. The van der Waals surface area contributed by atoms with Crippen LogP contribution in [0.5, 0.6) is 0 Å². The minimum Gasteiger partial charge on any atom is -0.481 e. The van der Waals surface area contributed by atoms with Crippen LogP contribution in [0, 0.1) is 0 Å². The minimum absolute atomic E-state index is 0.261. The fourth-order valence-electron chi connectivity index (χ4n) is 2.07. The number of carboxylic acids is 1. The van der Waals surface area contributed by atoms with E-state index in [9.17, 15) is 9.59 Å². The Balaban J connectivity index is 1.64. The van der Waals surface area contributed by atoms with Gasteiger partial charge in [0.15, 0.2) is 5.17 Å². The van der Waals surface area contributed by atoms with Crippen LogP contribution in [0.1, 0.15) is 12.2 Å². The average Bonchev–Trinajstić information content (AvgIpc) is 3.15. The molecule has 1 aliphatic heterocycles. The van der Waals surface area contributed by atoms with E-state index in [0.717, 1.165) is 17.3 Å². The Hall–Kier alpha value is -2.58. The number of amides is 1. The maximum absolute atomic E-state index is 11.6. The van der Waals surface area contributed by atoms with Crippen molar-refractivity contribution in [3.63, 3.8) is 0 Å². The Morgan fingerprint density at radius 3 is 2.80 bits per heavy atom. The third-order valence-electron chi connectivity index (χ3n) is 3.23. The summed E-state index contributed by atoms with van der Waals surface area (Å²) in [6, 6.07) is 10.8. The van der Waals surface area contributed by atoms with Crippen LogP contribution in [0.3, 0.4) is 0 Å². The van der Waals surface area contributed by atoms with Crippen LogP contribution in [0.25, 0.3) is 11.3 Å². The highest BCUT2D eigenvalue weighted by Crippen LogP contribution is 2.24. The van der Waals surface area contributed by atoms with E-state index in [2.05, 4.69) is 15.5 Å². The lowest BCUT2D eigenvalue weighted by molar-refractivity contribution is -0.138. The van der Waals surface area contributed by atoms with E-state index in [1.807, 2.05) is 12.1 Å². The molecule has 3 rings (SSSR count). The number of thioether (sulfide) groups is 1. The van der Waals surface area contributed by atoms with Crippen molar-refractivity contribution in [2.24, 2.45) is 10.2 Å². The summed E-state index contributed by atoms with van der Waals surface area (Å²) in [5.74, 6) is -0.270. The van der Waals surface area contributed by atoms with Gasteiger partial charge in [-0.15, -0.1) is 5.10 Å². The van der Waals surface area contributed by atoms with Crippen LogP contribution >= 0.6 is 23.4 Å². The van der Waals surface area contributed by atoms with Gasteiger partial charge >= 0.3 is 5.97 Å². The number of rotatable bonds is 5. The first-order valence-corrected chi connectivity index (χ1v) is 8.43. The number of carbonyl (C=O) groups is 2. The van der Waals surface area contributed by atoms with E-state index in [4.69, 9.17) is 21.1 Å². The highest BCUT2D eigenvalue weighted by molar-refractivity contribution is 8.15. The molecular formula is C16H12ClN3O4S. The molecule has 0 aliphatic carbocycles. The Kier molecular flexibility index (Phi) is 5.20. The zero-order chi connectivity index (χ0) is 17.8. The topological polar surface area (TPSA) is 104 Å². The van der Waals surface area contributed by atoms with Crippen molar-refractivity contribution in [3.05, 3.63) is 47.2 Å². The molecule has 0 spiro atoms. The fraction of sp³-hybridized carbons (Fsp3) is 0.125. The van der Waals surface area contributed by atoms with E-state index in [1.54, 1.807) is 24.3 Å². The van der Waals surface area contributed by atoms with Crippen LogP contribution in [0.15, 0.2) is 51.0 Å². The van der Waals surface area contributed by atoms with Gasteiger partial charge in [-0.1, -0.05) is 23.4 Å². The number of nitrogens with one attached hydrogen (secondary N) is 1. The van der Waals surface area contributed by atoms with Gasteiger partial charge in [0, 0.05) is 10.6 Å². The second-order valence-corrected chi connectivity index (χ2v) is 6.68. The summed E-state index contributed by atoms with van der Waals surface area (Å²) in [6.45, 7) is 0. The van der Waals surface area contributed by atoms with Crippen molar-refractivity contribution in [1.29, 1.82) is 0 Å². The van der Waals surface area contributed by atoms with Crippen LogP contribution in [-0.4, -0.2) is 33.6 Å². The zero-order valence-electron chi connectivity index (χ0n) is 12.7. The number of hydrogen-bond acceptors (Lipinski definition) is 6. The molecule has 0 saturated carbocycles. The SMILES string of the molecule is O=C(O)C[C@H]1S/C(=N\N=C/c2ccc(-c3ccc(Cl)cc3)o2)NC1=O. The van der Waals surface area contributed by atoms with Gasteiger partial charge in [0.25, 0.3) is 0 Å². The monoisotopic (exact) mass is 377 g/mol. The summed E-state index contributed by atoms with van der Waals surface area (Å²) >= 11 is 6.89. The maximum Gasteiger partial charge on any atom is 0.305 e. The number of nitrogens with zero attached hydrogens (tertiary/aromatic N) is 2. The molecule has 1 amide bonds. The predicted molar refractivity (Wildman–Crippen MR) is 96.0 cm³/mol. The molecule has 1 aromatic heterocycles. The smallest absolute Gasteiger partial charge is 0.305 e. The van der Waals surface area contributed by atoms with Gasteiger partial charge in [0.05, 0.1) is 12.6 Å². The third-order valence-corrected chi connectivity index (χ3v) is 4.55. The van der Waals surface area contributed by atoms with Gasteiger partial charge in [0.1, 0.15) is 16.8 Å². The summed E-state index contributed by atoms with van der Waals surface area (Å²) in [5, 5.41) is 19.2. The van der Waals surface area contributed by atoms with E-state index in [1.165, 1.54) is 6.21 Å². The van der Waals surface area contributed by atoms with Crippen molar-refractivity contribution in [3.8, 4) is 11.3 Å². The molecule has 1 aliphatic rings. The number of furan rings is 1. The quantitative estimate of drug-likeness (QED) is 0.615. The summed E-state index contributed by atoms with van der Waals surface area (Å²) < 4.78 is 5.64. The maximum atomic E-state index is 11.6. The summed E-state index contributed by atoms with van der Waals surface area (Å²) in [4.78, 5) is 22.2. The van der Waals surface area contributed by atoms with Crippen molar-refractivity contribution >= 4 is 46.6 Å². The number of amidine groups is 1. The number of benzene rings is 1. The lowest BCUT2D eigenvalue weighted by Gasteiger charge is -1.97. The lowest BCUT2D eigenvalue weighted by Crippen LogP contribution is -2.26. The molecule has 1 fully saturated rings. The standard InChI is InChI=1S/C16H12ClN3O4S/c17-10-3-1-9(2-4-10)12-6-5-11(24-12)8-18-20-16-19-15(23)13(25-16)7-14(21)22/h1-6,8,13H,7H2,(H,21,22)(H,19,20,23)/b18-8-/t13-/m1/s1. The number of aliphatic carboxylic acids is 1. The first-order valence-electron chi connectivity index (χ1n) is 7.17. The van der Waals surface area contributed by atoms with E-state index in [-0.39, 0.29) is 17.5 Å². The molecule has 0 bridgehead atoms. The summed E-state index contributed by atoms with van der Waals surface area (Å²) in [5.41, 5.74) is 0.880. The van der Waals surface area contributed by atoms with E-state index < -0.39 is 11.2 Å². The molecule has 128 valence electrons. The van der Waals surface area contributed by atoms with Crippen molar-refractivity contribution in [2.45, 2.75) is 11.7 Å². The Labute approximate surface area is 151 Å². The Bertz CT molecular complexity index is 861. The minimum atomic E-state index is -1.04. The highest BCUT2D eigenvalue weighted by Gasteiger charge is 2.32. The second-order valence-electron chi connectivity index (χ2n) is 5.05. The molecule has 0 unspecified atom stereocenters. The summed E-state index contributed by atoms with van der Waals surface area (Å²) in [7, 11) is 0. The molecular weight excluding hydrogens is 366 g/mol. The molecule has 2 aromatic rings. The third kappa shape index (κ3) is 4.49. The molecule has 9 heteroatoms. The zero-order valence-corrected chi connectivity index (χ0v) is 14.3. The number of carboxylic acid groups (broad SMARTS) is 1. The lowest BCUT2D eigenvalue weighted by atomic mass is 10.2. The van der Waals surface area contributed by atoms with Gasteiger partial charge in [0.2, 0.25) is 5.91 Å². The molecule has 1 atom stereocenters. The van der Waals surface area contributed by atoms with Crippen LogP contribution in [0.4, 0.5) is 0 Å². The molecule has 1 saturated heterocycles. The number of carbonyl (C=O) groups excluding carboxylic acids is 1. The Morgan fingerprint density at radius 2 is 2.08 bits per heavy atom. The number of hydrogen-bond donors (Lipinski definition) is 2. The molecule has 1 aromatic carbocycles. The fourth-order valence-corrected chi connectivity index (χ4v) is 3.12. The van der Waals surface area contributed by atoms with Crippen molar-refractivity contribution in [1.82, 2.24) is 5.32 Å². The Morgan fingerprint density at radius 1 is 1.32 bits per heavy atom. The molecule has 7 nitrogen and oxygen atoms in total. The van der Waals surface area contributed by atoms with Crippen LogP contribution in [0.2, 0.25) is 5.02 Å². The predicted octanol–water partition coefficient (Wildman–Crippen LogP) is 3.00. The largest absolute Gasteiger partial charge is 0.481 e. The van der Waals surface area contributed by atoms with Gasteiger partial charge in [-0.2, -0.15) is 5.10 Å². The van der Waals surface area contributed by atoms with Gasteiger partial charge in [-0.05, 0) is 36.4 Å². The van der Waals surface area contributed by atoms with Gasteiger partial charge in [-0.3, -0.25) is 9.59 Å². The first-order chi connectivity index (χ1) is 12.0. The molecule has 2 N–H and O–H groups in total.